The minimum Gasteiger partial charge on any atom is -0.459 e. The molecule has 138 valence electrons. The van der Waals surface area contributed by atoms with Crippen LogP contribution in [0.4, 0.5) is 5.69 Å². The van der Waals surface area contributed by atoms with Crippen LogP contribution in [0, 0.1) is 16.0 Å². The first kappa shape index (κ1) is 18.0. The summed E-state index contributed by atoms with van der Waals surface area (Å²) in [5.41, 5.74) is -0.830. The standard InChI is InChI=1S/C17H18N2O7/c1-17(2,23)13-11-7-12(20)14(18(11)15(13)21)16(22)26-8-9-3-5-10(6-4-9)19(24)25/h3-6,11,13-14,23H,7-8H2,1-2H3. The maximum absolute atomic E-state index is 12.3. The number of nitrogens with zero attached hydrogens (tertiary/aromatic N) is 2. The Morgan fingerprint density at radius 2 is 1.96 bits per heavy atom. The number of fused-ring (bicyclic) bond motifs is 1. The van der Waals surface area contributed by atoms with E-state index in [0.717, 1.165) is 0 Å². The number of nitro benzene ring substituents is 1. The predicted octanol–water partition coefficient (Wildman–Crippen LogP) is 0.577. The van der Waals surface area contributed by atoms with Crippen molar-refractivity contribution in [1.29, 1.82) is 0 Å². The van der Waals surface area contributed by atoms with Gasteiger partial charge in [-0.1, -0.05) is 0 Å². The van der Waals surface area contributed by atoms with Crippen LogP contribution in [0.15, 0.2) is 24.3 Å². The normalized spacial score (nSPS) is 24.9. The molecule has 1 aromatic rings. The molecule has 2 aliphatic heterocycles. The monoisotopic (exact) mass is 362 g/mol. The van der Waals surface area contributed by atoms with Crippen molar-refractivity contribution in [3.8, 4) is 0 Å². The van der Waals surface area contributed by atoms with Crippen LogP contribution in [0.3, 0.4) is 0 Å². The molecule has 2 fully saturated rings. The van der Waals surface area contributed by atoms with Gasteiger partial charge in [-0.05, 0) is 31.5 Å². The number of carbonyl (C=O) groups excluding carboxylic acids is 3. The molecular formula is C17H18N2O7. The van der Waals surface area contributed by atoms with E-state index in [2.05, 4.69) is 0 Å². The average Bonchev–Trinajstić information content (AvgIpc) is 2.84. The van der Waals surface area contributed by atoms with E-state index >= 15 is 0 Å². The Morgan fingerprint density at radius 1 is 1.35 bits per heavy atom. The second-order valence-corrected chi connectivity index (χ2v) is 7.05. The van der Waals surface area contributed by atoms with Crippen molar-refractivity contribution in [3.63, 3.8) is 0 Å². The third-order valence-electron chi connectivity index (χ3n) is 4.77. The number of ether oxygens (including phenoxy) is 1. The number of non-ortho nitro benzene ring substituents is 1. The highest BCUT2D eigenvalue weighted by Crippen LogP contribution is 2.43. The first-order valence-electron chi connectivity index (χ1n) is 8.08. The summed E-state index contributed by atoms with van der Waals surface area (Å²) in [6, 6.07) is 3.68. The summed E-state index contributed by atoms with van der Waals surface area (Å²) in [5.74, 6) is -2.40. The average molecular weight is 362 g/mol. The number of hydrogen-bond acceptors (Lipinski definition) is 7. The summed E-state index contributed by atoms with van der Waals surface area (Å²) < 4.78 is 5.12. The van der Waals surface area contributed by atoms with Crippen LogP contribution in [-0.4, -0.2) is 50.3 Å². The smallest absolute Gasteiger partial charge is 0.337 e. The molecule has 9 heteroatoms. The number of rotatable bonds is 5. The Hall–Kier alpha value is -2.81. The van der Waals surface area contributed by atoms with Crippen LogP contribution in [0.5, 0.6) is 0 Å². The first-order chi connectivity index (χ1) is 12.1. The Morgan fingerprint density at radius 3 is 2.50 bits per heavy atom. The number of esters is 1. The van der Waals surface area contributed by atoms with Crippen molar-refractivity contribution in [1.82, 2.24) is 4.90 Å². The van der Waals surface area contributed by atoms with Crippen LogP contribution in [0.1, 0.15) is 25.8 Å². The summed E-state index contributed by atoms with van der Waals surface area (Å²) in [6.07, 6.45) is 0.0116. The fraction of sp³-hybridized carbons (Fsp3) is 0.471. The molecule has 26 heavy (non-hydrogen) atoms. The minimum atomic E-state index is -1.29. The van der Waals surface area contributed by atoms with Crippen molar-refractivity contribution in [3.05, 3.63) is 39.9 Å². The number of carbonyl (C=O) groups is 3. The summed E-state index contributed by atoms with van der Waals surface area (Å²) >= 11 is 0. The Kier molecular flexibility index (Phi) is 4.27. The van der Waals surface area contributed by atoms with E-state index in [1.165, 1.54) is 43.0 Å². The van der Waals surface area contributed by atoms with Gasteiger partial charge in [-0.15, -0.1) is 0 Å². The zero-order valence-electron chi connectivity index (χ0n) is 14.2. The van der Waals surface area contributed by atoms with Crippen molar-refractivity contribution in [2.45, 2.75) is 44.6 Å². The second kappa shape index (κ2) is 6.17. The van der Waals surface area contributed by atoms with Gasteiger partial charge in [-0.2, -0.15) is 0 Å². The predicted molar refractivity (Wildman–Crippen MR) is 86.7 cm³/mol. The van der Waals surface area contributed by atoms with E-state index in [9.17, 15) is 29.6 Å². The first-order valence-corrected chi connectivity index (χ1v) is 8.08. The van der Waals surface area contributed by atoms with Crippen LogP contribution in [0.2, 0.25) is 0 Å². The molecule has 0 aromatic heterocycles. The van der Waals surface area contributed by atoms with E-state index in [4.69, 9.17) is 4.74 Å². The van der Waals surface area contributed by atoms with E-state index in [1.807, 2.05) is 0 Å². The zero-order valence-corrected chi connectivity index (χ0v) is 14.2. The third kappa shape index (κ3) is 2.94. The van der Waals surface area contributed by atoms with Crippen LogP contribution < -0.4 is 0 Å². The molecule has 2 aliphatic rings. The molecule has 9 nitrogen and oxygen atoms in total. The minimum absolute atomic E-state index is 0.0116. The summed E-state index contributed by atoms with van der Waals surface area (Å²) in [7, 11) is 0. The fourth-order valence-corrected chi connectivity index (χ4v) is 3.54. The fourth-order valence-electron chi connectivity index (χ4n) is 3.54. The maximum Gasteiger partial charge on any atom is 0.337 e. The van der Waals surface area contributed by atoms with Gasteiger partial charge in [0.05, 0.1) is 22.5 Å². The number of benzene rings is 1. The van der Waals surface area contributed by atoms with E-state index in [-0.39, 0.29) is 18.7 Å². The van der Waals surface area contributed by atoms with Gasteiger partial charge in [-0.3, -0.25) is 19.7 Å². The largest absolute Gasteiger partial charge is 0.459 e. The molecule has 1 N–H and O–H groups in total. The van der Waals surface area contributed by atoms with Crippen LogP contribution in [-0.2, 0) is 25.7 Å². The topological polar surface area (TPSA) is 127 Å². The lowest BCUT2D eigenvalue weighted by Crippen LogP contribution is -2.67. The summed E-state index contributed by atoms with van der Waals surface area (Å²) in [6.45, 7) is 2.83. The van der Waals surface area contributed by atoms with Crippen molar-refractivity contribution < 1.29 is 29.2 Å². The third-order valence-corrected chi connectivity index (χ3v) is 4.77. The highest BCUT2D eigenvalue weighted by molar-refractivity contribution is 6.11. The summed E-state index contributed by atoms with van der Waals surface area (Å²) in [5, 5.41) is 20.7. The molecular weight excluding hydrogens is 344 g/mol. The molecule has 2 heterocycles. The number of nitro groups is 1. The van der Waals surface area contributed by atoms with Gasteiger partial charge in [-0.25, -0.2) is 4.79 Å². The molecule has 1 amide bonds. The number of Topliss-reactive ketones (excluding diaryl/α,β-unsaturated/α-hetero) is 1. The van der Waals surface area contributed by atoms with Crippen molar-refractivity contribution >= 4 is 23.3 Å². The lowest BCUT2D eigenvalue weighted by Gasteiger charge is -2.48. The quantitative estimate of drug-likeness (QED) is 0.267. The van der Waals surface area contributed by atoms with Crippen molar-refractivity contribution in [2.75, 3.05) is 0 Å². The van der Waals surface area contributed by atoms with Gasteiger partial charge in [0.15, 0.2) is 11.8 Å². The number of aliphatic hydroxyl groups is 1. The maximum atomic E-state index is 12.3. The number of β-lactam (4-membered cyclic amide) rings is 1. The molecule has 2 saturated heterocycles. The molecule has 0 spiro atoms. The van der Waals surface area contributed by atoms with Crippen LogP contribution in [0.25, 0.3) is 0 Å². The van der Waals surface area contributed by atoms with Gasteiger partial charge in [0, 0.05) is 18.6 Å². The summed E-state index contributed by atoms with van der Waals surface area (Å²) in [4.78, 5) is 48.0. The molecule has 0 bridgehead atoms. The number of amides is 1. The van der Waals surface area contributed by atoms with E-state index < -0.39 is 46.2 Å². The lowest BCUT2D eigenvalue weighted by molar-refractivity contribution is -0.384. The van der Waals surface area contributed by atoms with Gasteiger partial charge in [0.1, 0.15) is 6.61 Å². The molecule has 0 saturated carbocycles. The number of ketones is 1. The Balaban J connectivity index is 1.64. The molecule has 3 atom stereocenters. The number of hydrogen-bond donors (Lipinski definition) is 1. The lowest BCUT2D eigenvalue weighted by atomic mass is 9.76. The highest BCUT2D eigenvalue weighted by Gasteiger charge is 2.63. The SMILES string of the molecule is CC(C)(O)C1C(=O)N2C(C(=O)OCc3ccc([N+](=O)[O-])cc3)C(=O)CC12. The Labute approximate surface area is 148 Å². The van der Waals surface area contributed by atoms with Gasteiger partial charge < -0.3 is 14.7 Å². The zero-order chi connectivity index (χ0) is 19.2. The Bertz CT molecular complexity index is 781. The van der Waals surface area contributed by atoms with E-state index in [1.54, 1.807) is 0 Å². The molecule has 3 unspecified atom stereocenters. The molecule has 0 radical (unpaired) electrons. The molecule has 3 rings (SSSR count). The van der Waals surface area contributed by atoms with Crippen molar-refractivity contribution in [2.24, 2.45) is 5.92 Å². The molecule has 0 aliphatic carbocycles. The molecule has 1 aromatic carbocycles. The second-order valence-electron chi connectivity index (χ2n) is 7.05. The van der Waals surface area contributed by atoms with Gasteiger partial charge >= 0.3 is 5.97 Å². The van der Waals surface area contributed by atoms with Gasteiger partial charge in [0.2, 0.25) is 5.91 Å². The highest BCUT2D eigenvalue weighted by atomic mass is 16.6. The van der Waals surface area contributed by atoms with Crippen LogP contribution >= 0.6 is 0 Å². The van der Waals surface area contributed by atoms with E-state index in [0.29, 0.717) is 5.56 Å². The van der Waals surface area contributed by atoms with Gasteiger partial charge in [0.25, 0.3) is 5.69 Å².